The van der Waals surface area contributed by atoms with Crippen molar-refractivity contribution in [2.45, 2.75) is 6.42 Å². The number of para-hydroxylation sites is 1. The summed E-state index contributed by atoms with van der Waals surface area (Å²) < 4.78 is 45.8. The fourth-order valence-electron chi connectivity index (χ4n) is 2.54. The number of aromatic nitrogens is 1. The number of carbonyl (C=O) groups excluding carboxylic acids is 1. The van der Waals surface area contributed by atoms with Crippen LogP contribution in [0.25, 0.3) is 10.9 Å². The molecule has 0 amide bonds. The van der Waals surface area contributed by atoms with Gasteiger partial charge < -0.3 is 4.74 Å². The Kier molecular flexibility index (Phi) is 4.20. The minimum atomic E-state index is -1.46. The summed E-state index contributed by atoms with van der Waals surface area (Å²) in [5.74, 6) is -5.59. The number of nitrogens with zero attached hydrogens (tertiary/aromatic N) is 1. The van der Waals surface area contributed by atoms with E-state index in [0.717, 1.165) is 12.5 Å². The van der Waals surface area contributed by atoms with Crippen LogP contribution in [0.5, 0.6) is 5.75 Å². The third kappa shape index (κ3) is 2.71. The van der Waals surface area contributed by atoms with Crippen molar-refractivity contribution in [3.8, 4) is 5.75 Å². The number of hydrogen-bond donors (Lipinski definition) is 0. The molecule has 6 heteroatoms. The molecule has 0 saturated heterocycles. The van der Waals surface area contributed by atoms with Crippen molar-refractivity contribution in [3.63, 3.8) is 0 Å². The highest BCUT2D eigenvalue weighted by molar-refractivity contribution is 6.00. The monoisotopic (exact) mass is 331 g/mol. The van der Waals surface area contributed by atoms with E-state index in [1.807, 2.05) is 0 Å². The van der Waals surface area contributed by atoms with Crippen LogP contribution < -0.4 is 4.74 Å². The van der Waals surface area contributed by atoms with Crippen LogP contribution in [0.2, 0.25) is 0 Å². The van der Waals surface area contributed by atoms with Gasteiger partial charge in [-0.05, 0) is 23.8 Å². The topological polar surface area (TPSA) is 39.2 Å². The second-order valence-corrected chi connectivity index (χ2v) is 5.15. The first kappa shape index (κ1) is 16.0. The fourth-order valence-corrected chi connectivity index (χ4v) is 2.54. The zero-order chi connectivity index (χ0) is 17.3. The maximum atomic E-state index is 14.2. The summed E-state index contributed by atoms with van der Waals surface area (Å²) >= 11 is 0. The summed E-state index contributed by atoms with van der Waals surface area (Å²) in [4.78, 5) is 16.6. The van der Waals surface area contributed by atoms with Crippen LogP contribution in [0, 0.1) is 17.5 Å². The Balaban J connectivity index is 2.03. The number of hydrogen-bond acceptors (Lipinski definition) is 3. The molecule has 0 bridgehead atoms. The Morgan fingerprint density at radius 2 is 1.88 bits per heavy atom. The van der Waals surface area contributed by atoms with Gasteiger partial charge in [0.15, 0.2) is 23.2 Å². The summed E-state index contributed by atoms with van der Waals surface area (Å²) in [5, 5.41) is 0.739. The van der Waals surface area contributed by atoms with Gasteiger partial charge in [-0.2, -0.15) is 4.39 Å². The Hall–Kier alpha value is -2.89. The van der Waals surface area contributed by atoms with Gasteiger partial charge >= 0.3 is 0 Å². The van der Waals surface area contributed by atoms with E-state index in [2.05, 4.69) is 9.72 Å². The number of pyridine rings is 1. The molecular weight excluding hydrogens is 319 g/mol. The molecule has 3 rings (SSSR count). The number of ether oxygens (including phenoxy) is 1. The molecule has 0 aliphatic heterocycles. The first-order chi connectivity index (χ1) is 11.5. The third-order valence-corrected chi connectivity index (χ3v) is 3.71. The van der Waals surface area contributed by atoms with Crippen molar-refractivity contribution in [2.24, 2.45) is 0 Å². The third-order valence-electron chi connectivity index (χ3n) is 3.71. The molecule has 2 aromatic carbocycles. The quantitative estimate of drug-likeness (QED) is 0.534. The largest absolute Gasteiger partial charge is 0.491 e. The fraction of sp³-hybridized carbons (Fsp3) is 0.111. The molecule has 0 saturated carbocycles. The number of carbonyl (C=O) groups is 1. The van der Waals surface area contributed by atoms with Gasteiger partial charge in [-0.25, -0.2) is 8.78 Å². The molecule has 24 heavy (non-hydrogen) atoms. The standard InChI is InChI=1S/C18H12F3NO2/c1-24-18-16(20)12(9-13(19)17(18)21)15(23)8-10-6-7-22-14-5-3-2-4-11(10)14/h2-7,9H,8H2,1H3. The highest BCUT2D eigenvalue weighted by atomic mass is 19.2. The highest BCUT2D eigenvalue weighted by Gasteiger charge is 2.23. The van der Waals surface area contributed by atoms with Crippen molar-refractivity contribution >= 4 is 16.7 Å². The predicted octanol–water partition coefficient (Wildman–Crippen LogP) is 4.09. The second kappa shape index (κ2) is 6.31. The molecule has 0 N–H and O–H groups in total. The Morgan fingerprint density at radius 1 is 1.12 bits per heavy atom. The Labute approximate surface area is 135 Å². The van der Waals surface area contributed by atoms with E-state index < -0.39 is 34.5 Å². The summed E-state index contributed by atoms with van der Waals surface area (Å²) in [6, 6.07) is 9.35. The molecule has 0 unspecified atom stereocenters. The highest BCUT2D eigenvalue weighted by Crippen LogP contribution is 2.28. The number of Topliss-reactive ketones (excluding diaryl/α,β-unsaturated/α-hetero) is 1. The number of fused-ring (bicyclic) bond motifs is 1. The SMILES string of the molecule is COc1c(F)c(F)cc(C(=O)Cc2ccnc3ccccc23)c1F. The molecule has 3 nitrogen and oxygen atoms in total. The molecule has 3 aromatic rings. The van der Waals surface area contributed by atoms with Crippen molar-refractivity contribution in [1.82, 2.24) is 4.98 Å². The van der Waals surface area contributed by atoms with Crippen molar-refractivity contribution in [1.29, 1.82) is 0 Å². The van der Waals surface area contributed by atoms with Crippen LogP contribution in [-0.2, 0) is 6.42 Å². The molecule has 0 radical (unpaired) electrons. The molecule has 1 heterocycles. The van der Waals surface area contributed by atoms with Gasteiger partial charge in [-0.15, -0.1) is 0 Å². The van der Waals surface area contributed by atoms with Crippen LogP contribution in [0.15, 0.2) is 42.6 Å². The van der Waals surface area contributed by atoms with E-state index in [1.165, 1.54) is 6.20 Å². The van der Waals surface area contributed by atoms with E-state index in [9.17, 15) is 18.0 Å². The smallest absolute Gasteiger partial charge is 0.203 e. The lowest BCUT2D eigenvalue weighted by Gasteiger charge is -2.10. The molecule has 0 aliphatic carbocycles. The van der Waals surface area contributed by atoms with Crippen LogP contribution in [0.4, 0.5) is 13.2 Å². The average Bonchev–Trinajstić information content (AvgIpc) is 2.59. The lowest BCUT2D eigenvalue weighted by Crippen LogP contribution is -2.10. The Bertz CT molecular complexity index is 936. The number of methoxy groups -OCH3 is 1. The average molecular weight is 331 g/mol. The molecular formula is C18H12F3NO2. The second-order valence-electron chi connectivity index (χ2n) is 5.15. The lowest BCUT2D eigenvalue weighted by molar-refractivity contribution is 0.0987. The van der Waals surface area contributed by atoms with Gasteiger partial charge in [-0.3, -0.25) is 9.78 Å². The molecule has 0 spiro atoms. The molecule has 0 aliphatic rings. The normalized spacial score (nSPS) is 10.8. The van der Waals surface area contributed by atoms with Crippen LogP contribution >= 0.6 is 0 Å². The van der Waals surface area contributed by atoms with Crippen LogP contribution in [-0.4, -0.2) is 17.9 Å². The first-order valence-corrected chi connectivity index (χ1v) is 7.10. The van der Waals surface area contributed by atoms with E-state index in [1.54, 1.807) is 30.3 Å². The van der Waals surface area contributed by atoms with Crippen molar-refractivity contribution in [2.75, 3.05) is 7.11 Å². The summed E-state index contributed by atoms with van der Waals surface area (Å²) in [5.41, 5.74) is 0.756. The zero-order valence-electron chi connectivity index (χ0n) is 12.6. The van der Waals surface area contributed by atoms with E-state index in [0.29, 0.717) is 17.1 Å². The minimum Gasteiger partial charge on any atom is -0.491 e. The molecule has 1 aromatic heterocycles. The van der Waals surface area contributed by atoms with Crippen molar-refractivity contribution < 1.29 is 22.7 Å². The van der Waals surface area contributed by atoms with E-state index >= 15 is 0 Å². The maximum absolute atomic E-state index is 14.2. The van der Waals surface area contributed by atoms with Gasteiger partial charge in [0.25, 0.3) is 0 Å². The Morgan fingerprint density at radius 3 is 2.62 bits per heavy atom. The van der Waals surface area contributed by atoms with Crippen molar-refractivity contribution in [3.05, 3.63) is 71.2 Å². The summed E-state index contributed by atoms with van der Waals surface area (Å²) in [6.07, 6.45) is 1.36. The van der Waals surface area contributed by atoms with Gasteiger partial charge in [0.05, 0.1) is 18.2 Å². The summed E-state index contributed by atoms with van der Waals surface area (Å²) in [7, 11) is 1.01. The lowest BCUT2D eigenvalue weighted by atomic mass is 9.99. The minimum absolute atomic E-state index is 0.172. The number of rotatable bonds is 4. The van der Waals surface area contributed by atoms with Gasteiger partial charge in [0.1, 0.15) is 0 Å². The van der Waals surface area contributed by atoms with Gasteiger partial charge in [0, 0.05) is 18.0 Å². The summed E-state index contributed by atoms with van der Waals surface area (Å²) in [6.45, 7) is 0. The van der Waals surface area contributed by atoms with E-state index in [4.69, 9.17) is 0 Å². The maximum Gasteiger partial charge on any atom is 0.203 e. The number of ketones is 1. The predicted molar refractivity (Wildman–Crippen MR) is 82.6 cm³/mol. The zero-order valence-corrected chi connectivity index (χ0v) is 12.6. The van der Waals surface area contributed by atoms with Gasteiger partial charge in [-0.1, -0.05) is 18.2 Å². The molecule has 0 fully saturated rings. The first-order valence-electron chi connectivity index (χ1n) is 7.10. The molecule has 122 valence electrons. The van der Waals surface area contributed by atoms with Crippen LogP contribution in [0.3, 0.4) is 0 Å². The number of benzene rings is 2. The molecule has 0 atom stereocenters. The van der Waals surface area contributed by atoms with Gasteiger partial charge in [0.2, 0.25) is 5.82 Å². The number of halogens is 3. The van der Waals surface area contributed by atoms with Crippen LogP contribution in [0.1, 0.15) is 15.9 Å². The van der Waals surface area contributed by atoms with E-state index in [-0.39, 0.29) is 6.42 Å².